The number of nitrogens with zero attached hydrogens (tertiary/aromatic N) is 5. The summed E-state index contributed by atoms with van der Waals surface area (Å²) in [5.41, 5.74) is 0. The molecule has 3 atom stereocenters. The van der Waals surface area contributed by atoms with Gasteiger partial charge in [0.25, 0.3) is 0 Å². The van der Waals surface area contributed by atoms with Crippen LogP contribution in [0.1, 0.15) is 6.92 Å². The zero-order valence-corrected chi connectivity index (χ0v) is 13.5. The van der Waals surface area contributed by atoms with Gasteiger partial charge in [-0.05, 0) is 17.4 Å². The fraction of sp³-hybridized carbons (Fsp3) is 0.545. The Morgan fingerprint density at radius 3 is 3.00 bits per heavy atom. The van der Waals surface area contributed by atoms with Gasteiger partial charge in [-0.2, -0.15) is 0 Å². The van der Waals surface area contributed by atoms with Crippen molar-refractivity contribution in [2.75, 3.05) is 5.75 Å². The molecule has 1 saturated heterocycles. The highest BCUT2D eigenvalue weighted by Gasteiger charge is 2.57. The first-order chi connectivity index (χ1) is 11.0. The number of aliphatic hydroxyl groups excluding tert-OH is 1. The van der Waals surface area contributed by atoms with Crippen molar-refractivity contribution < 1.29 is 24.5 Å². The number of ether oxygens (including phenoxy) is 1. The normalized spacial score (nSPS) is 24.4. The number of carbonyl (C=O) groups is 2. The molecule has 12 heteroatoms. The minimum absolute atomic E-state index is 0.0242. The Morgan fingerprint density at radius 1 is 1.61 bits per heavy atom. The van der Waals surface area contributed by atoms with E-state index in [-0.39, 0.29) is 17.2 Å². The third kappa shape index (κ3) is 3.01. The molecule has 1 aromatic rings. The monoisotopic (exact) mass is 359 g/mol. The van der Waals surface area contributed by atoms with Crippen LogP contribution in [0, 0.1) is 5.92 Å². The topological polar surface area (TPSA) is 131 Å². The maximum absolute atomic E-state index is 12.1. The Balaban J connectivity index is 1.69. The Kier molecular flexibility index (Phi) is 4.46. The van der Waals surface area contributed by atoms with Crippen molar-refractivity contribution in [3.05, 3.63) is 16.4 Å². The maximum atomic E-state index is 12.1. The van der Waals surface area contributed by atoms with E-state index in [0.717, 1.165) is 0 Å². The van der Waals surface area contributed by atoms with Crippen LogP contribution in [-0.2, 0) is 16.1 Å². The Bertz CT molecular complexity index is 649. The Morgan fingerprint density at radius 2 is 2.39 bits per heavy atom. The number of carbonyl (C=O) groups excluding carboxylic acids is 1. The van der Waals surface area contributed by atoms with Crippen molar-refractivity contribution in [1.29, 1.82) is 0 Å². The van der Waals surface area contributed by atoms with Crippen LogP contribution in [0.25, 0.3) is 0 Å². The van der Waals surface area contributed by atoms with Crippen LogP contribution in [0.3, 0.4) is 0 Å². The van der Waals surface area contributed by atoms with Crippen LogP contribution in [-0.4, -0.2) is 64.6 Å². The van der Waals surface area contributed by atoms with Gasteiger partial charge in [-0.15, -0.1) is 16.9 Å². The van der Waals surface area contributed by atoms with Gasteiger partial charge in [-0.3, -0.25) is 9.69 Å². The molecule has 3 heterocycles. The highest BCUT2D eigenvalue weighted by molar-refractivity contribution is 8.22. The molecule has 0 saturated carbocycles. The first-order valence-electron chi connectivity index (χ1n) is 6.65. The lowest BCUT2D eigenvalue weighted by molar-refractivity contribution is -0.155. The third-order valence-corrected chi connectivity index (χ3v) is 5.95. The van der Waals surface area contributed by atoms with Crippen LogP contribution in [0.2, 0.25) is 0 Å². The molecule has 0 radical (unpaired) electrons. The molecule has 0 aromatic carbocycles. The van der Waals surface area contributed by atoms with Crippen LogP contribution in [0.15, 0.2) is 16.4 Å². The highest BCUT2D eigenvalue weighted by atomic mass is 32.2. The molecule has 1 aromatic heterocycles. The SMILES string of the molecule is CC(O)[C@H]1C(=O)N2C(OC(=O)O)=C(SCCn3cnnn3)S[C@H]12. The van der Waals surface area contributed by atoms with Crippen molar-refractivity contribution in [3.8, 4) is 0 Å². The fourth-order valence-electron chi connectivity index (χ4n) is 2.32. The highest BCUT2D eigenvalue weighted by Crippen LogP contribution is 2.53. The van der Waals surface area contributed by atoms with Gasteiger partial charge in [-0.1, -0.05) is 11.8 Å². The molecule has 124 valence electrons. The van der Waals surface area contributed by atoms with Gasteiger partial charge in [0.15, 0.2) is 0 Å². The number of amides is 1. The van der Waals surface area contributed by atoms with E-state index in [2.05, 4.69) is 15.5 Å². The van der Waals surface area contributed by atoms with E-state index in [1.165, 1.54) is 34.8 Å². The van der Waals surface area contributed by atoms with E-state index < -0.39 is 18.2 Å². The standard InChI is InChI=1S/C11H13N5O5S2/c1-5(17)6-7(18)16-8(21-11(19)20)10(23-9(6)16)22-3-2-15-4-12-13-14-15/h4-6,9,17H,2-3H2,1H3,(H,19,20)/t5?,6-,9+/m0/s1. The van der Waals surface area contributed by atoms with Gasteiger partial charge in [-0.25, -0.2) is 9.48 Å². The largest absolute Gasteiger partial charge is 0.512 e. The summed E-state index contributed by atoms with van der Waals surface area (Å²) in [4.78, 5) is 24.2. The number of β-lactam (4-membered cyclic amide) rings is 1. The molecular weight excluding hydrogens is 346 g/mol. The molecule has 1 amide bonds. The molecular formula is C11H13N5O5S2. The summed E-state index contributed by atoms with van der Waals surface area (Å²) in [6.07, 6.45) is -0.799. The quantitative estimate of drug-likeness (QED) is 0.534. The lowest BCUT2D eigenvalue weighted by Gasteiger charge is -2.43. The number of hydrogen-bond donors (Lipinski definition) is 2. The lowest BCUT2D eigenvalue weighted by Crippen LogP contribution is -2.60. The van der Waals surface area contributed by atoms with Crippen molar-refractivity contribution in [1.82, 2.24) is 25.1 Å². The van der Waals surface area contributed by atoms with Crippen LogP contribution in [0.5, 0.6) is 0 Å². The van der Waals surface area contributed by atoms with E-state index in [4.69, 9.17) is 9.84 Å². The summed E-state index contributed by atoms with van der Waals surface area (Å²) in [6.45, 7) is 2.07. The van der Waals surface area contributed by atoms with E-state index in [1.54, 1.807) is 11.6 Å². The minimum Gasteiger partial charge on any atom is -0.449 e. The van der Waals surface area contributed by atoms with E-state index in [0.29, 0.717) is 16.5 Å². The van der Waals surface area contributed by atoms with Crippen molar-refractivity contribution in [3.63, 3.8) is 0 Å². The number of carboxylic acid groups (broad SMARTS) is 1. The van der Waals surface area contributed by atoms with Gasteiger partial charge >= 0.3 is 6.16 Å². The van der Waals surface area contributed by atoms with Crippen LogP contribution < -0.4 is 0 Å². The summed E-state index contributed by atoms with van der Waals surface area (Å²) in [7, 11) is 0. The Hall–Kier alpha value is -1.79. The van der Waals surface area contributed by atoms with E-state index in [1.807, 2.05) is 0 Å². The zero-order chi connectivity index (χ0) is 16.6. The van der Waals surface area contributed by atoms with Crippen LogP contribution >= 0.6 is 23.5 Å². The van der Waals surface area contributed by atoms with E-state index in [9.17, 15) is 14.7 Å². The second kappa shape index (κ2) is 6.37. The van der Waals surface area contributed by atoms with Crippen molar-refractivity contribution in [2.45, 2.75) is 24.9 Å². The number of tetrazole rings is 1. The average molecular weight is 359 g/mol. The number of aromatic nitrogens is 4. The van der Waals surface area contributed by atoms with Gasteiger partial charge in [0, 0.05) is 5.75 Å². The van der Waals surface area contributed by atoms with Gasteiger partial charge in [0.1, 0.15) is 15.9 Å². The number of rotatable bonds is 6. The fourth-order valence-corrected chi connectivity index (χ4v) is 5.12. The third-order valence-electron chi connectivity index (χ3n) is 3.35. The molecule has 2 N–H and O–H groups in total. The Labute approximate surface area is 138 Å². The van der Waals surface area contributed by atoms with Crippen LogP contribution in [0.4, 0.5) is 4.79 Å². The molecule has 1 fully saturated rings. The molecule has 3 rings (SSSR count). The number of hydrogen-bond acceptors (Lipinski definition) is 9. The molecule has 0 bridgehead atoms. The summed E-state index contributed by atoms with van der Waals surface area (Å²) in [5, 5.41) is 29.0. The van der Waals surface area contributed by atoms with Gasteiger partial charge in [0.05, 0.1) is 18.6 Å². The van der Waals surface area contributed by atoms with E-state index >= 15 is 0 Å². The summed E-state index contributed by atoms with van der Waals surface area (Å²) >= 11 is 2.68. The number of fused-ring (bicyclic) bond motifs is 1. The number of aryl methyl sites for hydroxylation is 1. The second-order valence-electron chi connectivity index (χ2n) is 4.86. The predicted octanol–water partition coefficient (Wildman–Crippen LogP) is 0.140. The molecule has 10 nitrogen and oxygen atoms in total. The molecule has 0 spiro atoms. The van der Waals surface area contributed by atoms with Gasteiger partial charge in [0.2, 0.25) is 11.8 Å². The number of thioether (sulfide) groups is 2. The van der Waals surface area contributed by atoms with Crippen molar-refractivity contribution >= 4 is 35.6 Å². The smallest absolute Gasteiger partial charge is 0.449 e. The molecule has 2 aliphatic heterocycles. The number of aliphatic hydroxyl groups is 1. The first kappa shape index (κ1) is 16.1. The van der Waals surface area contributed by atoms with Gasteiger partial charge < -0.3 is 14.9 Å². The minimum atomic E-state index is -1.48. The average Bonchev–Trinajstić information content (AvgIpc) is 3.05. The molecule has 2 aliphatic rings. The van der Waals surface area contributed by atoms with Crippen molar-refractivity contribution in [2.24, 2.45) is 5.92 Å². The second-order valence-corrected chi connectivity index (χ2v) is 7.36. The zero-order valence-electron chi connectivity index (χ0n) is 11.9. The maximum Gasteiger partial charge on any atom is 0.512 e. The molecule has 1 unspecified atom stereocenters. The lowest BCUT2D eigenvalue weighted by atomic mass is 9.93. The first-order valence-corrected chi connectivity index (χ1v) is 8.52. The molecule has 23 heavy (non-hydrogen) atoms. The summed E-state index contributed by atoms with van der Waals surface area (Å²) < 4.78 is 6.92. The summed E-state index contributed by atoms with van der Waals surface area (Å²) in [5.74, 6) is -0.278. The molecule has 0 aliphatic carbocycles. The predicted molar refractivity (Wildman–Crippen MR) is 79.8 cm³/mol. The summed E-state index contributed by atoms with van der Waals surface area (Å²) in [6, 6.07) is 0.